The zero-order valence-corrected chi connectivity index (χ0v) is 22.2. The number of esters is 1. The minimum Gasteiger partial charge on any atom is -0.465 e. The molecule has 27 heavy (non-hydrogen) atoms. The van der Waals surface area contributed by atoms with Gasteiger partial charge in [-0.15, -0.1) is 11.1 Å². The van der Waals surface area contributed by atoms with Crippen LogP contribution < -0.4 is 0 Å². The zero-order chi connectivity index (χ0) is 20.7. The van der Waals surface area contributed by atoms with Gasteiger partial charge in [-0.1, -0.05) is 73.7 Å². The van der Waals surface area contributed by atoms with Crippen molar-refractivity contribution in [2.45, 2.75) is 87.5 Å². The smallest absolute Gasteiger partial charge is 0.317 e. The van der Waals surface area contributed by atoms with Crippen LogP contribution in [0.2, 0.25) is 39.3 Å². The van der Waals surface area contributed by atoms with Gasteiger partial charge in [0.15, 0.2) is 0 Å². The van der Waals surface area contributed by atoms with Gasteiger partial charge < -0.3 is 9.47 Å². The van der Waals surface area contributed by atoms with Crippen LogP contribution in [0, 0.1) is 28.3 Å². The highest BCUT2D eigenvalue weighted by Crippen LogP contribution is 2.61. The van der Waals surface area contributed by atoms with Crippen molar-refractivity contribution in [2.75, 3.05) is 6.61 Å². The second kappa shape index (κ2) is 7.52. The number of halogens is 1. The molecular weight excluding hydrogens is 483 g/mol. The van der Waals surface area contributed by atoms with Crippen molar-refractivity contribution >= 4 is 44.7 Å². The standard InChI is InChI=1S/C21H33IO3Si2/c1-9-24-18(23)20-11-10-17(22)19(2,16-20)25-21(20,12-14-26(3,4)5)13-15-27(6,7)8/h17H,9-11,16H2,1-8H3/t17-,19-,20-/m0/s1. The van der Waals surface area contributed by atoms with Crippen LogP contribution in [0.5, 0.6) is 0 Å². The fourth-order valence-corrected chi connectivity index (χ4v) is 5.55. The molecule has 3 nitrogen and oxygen atoms in total. The molecular formula is C21H33IO3Si2. The van der Waals surface area contributed by atoms with Crippen molar-refractivity contribution in [3.8, 4) is 22.9 Å². The largest absolute Gasteiger partial charge is 0.465 e. The minimum atomic E-state index is -1.67. The molecule has 0 aromatic heterocycles. The van der Waals surface area contributed by atoms with E-state index in [0.29, 0.717) is 17.0 Å². The minimum absolute atomic E-state index is 0.188. The van der Waals surface area contributed by atoms with Gasteiger partial charge in [0, 0.05) is 3.92 Å². The summed E-state index contributed by atoms with van der Waals surface area (Å²) in [6.45, 7) is 17.6. The fourth-order valence-electron chi connectivity index (χ4n) is 3.78. The molecule has 1 saturated heterocycles. The third kappa shape index (κ3) is 4.66. The first-order valence-electron chi connectivity index (χ1n) is 9.79. The Labute approximate surface area is 180 Å². The van der Waals surface area contributed by atoms with Crippen LogP contribution in [0.25, 0.3) is 0 Å². The van der Waals surface area contributed by atoms with Crippen molar-refractivity contribution in [2.24, 2.45) is 5.41 Å². The SMILES string of the molecule is CCOC(=O)[C@]12CC[C@H](I)[C@](C)(C1)OC2(C#C[Si](C)(C)C)C#C[Si](C)(C)C. The topological polar surface area (TPSA) is 35.5 Å². The number of hydrogen-bond acceptors (Lipinski definition) is 3. The van der Waals surface area contributed by atoms with Gasteiger partial charge >= 0.3 is 5.97 Å². The van der Waals surface area contributed by atoms with E-state index in [2.05, 4.69) is 91.7 Å². The summed E-state index contributed by atoms with van der Waals surface area (Å²) in [6, 6.07) is 0. The Bertz CT molecular complexity index is 697. The molecule has 150 valence electrons. The number of carbonyl (C=O) groups excluding carboxylic acids is 1. The molecule has 1 saturated carbocycles. The number of alkyl halides is 1. The second-order valence-corrected chi connectivity index (χ2v) is 21.1. The Balaban J connectivity index is 2.74. The molecule has 0 N–H and O–H groups in total. The summed E-state index contributed by atoms with van der Waals surface area (Å²) in [6.07, 6.45) is 2.27. The predicted molar refractivity (Wildman–Crippen MR) is 125 cm³/mol. The molecule has 0 unspecified atom stereocenters. The van der Waals surface area contributed by atoms with E-state index < -0.39 is 32.8 Å². The Morgan fingerprint density at radius 2 is 1.67 bits per heavy atom. The van der Waals surface area contributed by atoms with Gasteiger partial charge in [-0.3, -0.25) is 4.79 Å². The van der Waals surface area contributed by atoms with Crippen molar-refractivity contribution in [3.05, 3.63) is 0 Å². The summed E-state index contributed by atoms with van der Waals surface area (Å²) >= 11 is 2.46. The summed E-state index contributed by atoms with van der Waals surface area (Å²) in [7, 11) is -3.34. The second-order valence-electron chi connectivity index (χ2n) is 10.1. The summed E-state index contributed by atoms with van der Waals surface area (Å²) in [5.74, 6) is 6.69. The van der Waals surface area contributed by atoms with E-state index in [9.17, 15) is 4.79 Å². The van der Waals surface area contributed by atoms with Crippen molar-refractivity contribution in [3.63, 3.8) is 0 Å². The zero-order valence-electron chi connectivity index (χ0n) is 18.0. The maximum absolute atomic E-state index is 13.3. The van der Waals surface area contributed by atoms with Crippen LogP contribution in [0.1, 0.15) is 33.1 Å². The van der Waals surface area contributed by atoms with Gasteiger partial charge in [-0.2, -0.15) is 0 Å². The van der Waals surface area contributed by atoms with Crippen LogP contribution in [-0.2, 0) is 14.3 Å². The lowest BCUT2D eigenvalue weighted by molar-refractivity contribution is -0.160. The summed E-state index contributed by atoms with van der Waals surface area (Å²) in [5, 5.41) is 0. The molecule has 6 heteroatoms. The van der Waals surface area contributed by atoms with Crippen molar-refractivity contribution in [1.82, 2.24) is 0 Å². The number of fused-ring (bicyclic) bond motifs is 2. The number of ether oxygens (including phenoxy) is 2. The molecule has 1 aliphatic carbocycles. The monoisotopic (exact) mass is 516 g/mol. The van der Waals surface area contributed by atoms with Gasteiger partial charge in [0.1, 0.15) is 21.6 Å². The lowest BCUT2D eigenvalue weighted by Gasteiger charge is -2.38. The van der Waals surface area contributed by atoms with E-state index in [1.807, 2.05) is 6.92 Å². The number of carbonyl (C=O) groups is 1. The molecule has 0 amide bonds. The lowest BCUT2D eigenvalue weighted by Crippen LogP contribution is -2.50. The van der Waals surface area contributed by atoms with Crippen LogP contribution in [0.3, 0.4) is 0 Å². The Kier molecular flexibility index (Phi) is 6.40. The van der Waals surface area contributed by atoms with Crippen molar-refractivity contribution in [1.29, 1.82) is 0 Å². The highest BCUT2D eigenvalue weighted by molar-refractivity contribution is 14.1. The van der Waals surface area contributed by atoms with Gasteiger partial charge in [-0.25, -0.2) is 0 Å². The third-order valence-electron chi connectivity index (χ3n) is 5.09. The van der Waals surface area contributed by atoms with Gasteiger partial charge in [0.05, 0.1) is 12.2 Å². The Morgan fingerprint density at radius 1 is 1.15 bits per heavy atom. The molecule has 2 rings (SSSR count). The van der Waals surface area contributed by atoms with Crippen molar-refractivity contribution < 1.29 is 14.3 Å². The fraction of sp³-hybridized carbons (Fsp3) is 0.762. The first kappa shape index (κ1) is 23.0. The maximum atomic E-state index is 13.3. The molecule has 2 bridgehead atoms. The van der Waals surface area contributed by atoms with E-state index in [4.69, 9.17) is 9.47 Å². The molecule has 0 spiro atoms. The van der Waals surface area contributed by atoms with E-state index in [-0.39, 0.29) is 5.97 Å². The summed E-state index contributed by atoms with van der Waals surface area (Å²) < 4.78 is 12.6. The first-order valence-corrected chi connectivity index (χ1v) is 18.0. The molecule has 1 heterocycles. The van der Waals surface area contributed by atoms with E-state index in [1.54, 1.807) is 0 Å². The van der Waals surface area contributed by atoms with Gasteiger partial charge in [-0.05, 0) is 33.1 Å². The molecule has 2 aliphatic rings. The van der Waals surface area contributed by atoms with E-state index in [0.717, 1.165) is 12.8 Å². The van der Waals surface area contributed by atoms with Crippen LogP contribution in [0.15, 0.2) is 0 Å². The average molecular weight is 517 g/mol. The summed E-state index contributed by atoms with van der Waals surface area (Å²) in [4.78, 5) is 13.3. The third-order valence-corrected chi connectivity index (χ3v) is 8.78. The quantitative estimate of drug-likeness (QED) is 0.174. The predicted octanol–water partition coefficient (Wildman–Crippen LogP) is 4.81. The highest BCUT2D eigenvalue weighted by atomic mass is 127. The van der Waals surface area contributed by atoms with E-state index in [1.165, 1.54) is 0 Å². The molecule has 0 radical (unpaired) electrons. The number of rotatable bonds is 2. The number of hydrogen-bond donors (Lipinski definition) is 0. The van der Waals surface area contributed by atoms with Crippen LogP contribution in [-0.4, -0.2) is 43.9 Å². The Morgan fingerprint density at radius 3 is 2.11 bits per heavy atom. The summed E-state index contributed by atoms with van der Waals surface area (Å²) in [5.41, 5.74) is 4.69. The maximum Gasteiger partial charge on any atom is 0.317 e. The molecule has 0 aromatic carbocycles. The molecule has 3 atom stereocenters. The van der Waals surface area contributed by atoms with Crippen LogP contribution >= 0.6 is 22.6 Å². The van der Waals surface area contributed by atoms with Gasteiger partial charge in [0.2, 0.25) is 5.60 Å². The Hall–Kier alpha value is -0.286. The lowest BCUT2D eigenvalue weighted by atomic mass is 9.63. The van der Waals surface area contributed by atoms with Crippen LogP contribution in [0.4, 0.5) is 0 Å². The normalized spacial score (nSPS) is 32.0. The molecule has 2 fully saturated rings. The highest BCUT2D eigenvalue weighted by Gasteiger charge is 2.71. The average Bonchev–Trinajstić information content (AvgIpc) is 2.74. The molecule has 0 aromatic rings. The molecule has 1 aliphatic heterocycles. The van der Waals surface area contributed by atoms with Gasteiger partial charge in [0.25, 0.3) is 0 Å². The van der Waals surface area contributed by atoms with E-state index >= 15 is 0 Å². The first-order chi connectivity index (χ1) is 12.2.